The first-order valence-corrected chi connectivity index (χ1v) is 11.7. The van der Waals surface area contributed by atoms with Crippen LogP contribution in [0.15, 0.2) is 53.4 Å². The van der Waals surface area contributed by atoms with Gasteiger partial charge in [0, 0.05) is 36.8 Å². The highest BCUT2D eigenvalue weighted by molar-refractivity contribution is 7.89. The molecule has 4 rings (SSSR count). The van der Waals surface area contributed by atoms with Crippen LogP contribution < -0.4 is 9.64 Å². The first-order valence-electron chi connectivity index (χ1n) is 9.89. The van der Waals surface area contributed by atoms with Gasteiger partial charge in [-0.1, -0.05) is 11.6 Å². The van der Waals surface area contributed by atoms with Gasteiger partial charge in [-0.05, 0) is 55.0 Å². The van der Waals surface area contributed by atoms with Crippen molar-refractivity contribution >= 4 is 39.0 Å². The SMILES string of the molecule is O=C1CCN(S(=O)(=O)c2ccc(Cl)cc2)CC12CCN(c1ccc(OC(F)(F)F)cc1)C2=O. The summed E-state index contributed by atoms with van der Waals surface area (Å²) in [5.41, 5.74) is -1.25. The number of nitrogens with zero attached hydrogens (tertiary/aromatic N) is 2. The Labute approximate surface area is 192 Å². The molecule has 2 aromatic carbocycles. The maximum atomic E-state index is 13.3. The number of hydrogen-bond donors (Lipinski definition) is 0. The van der Waals surface area contributed by atoms with E-state index in [2.05, 4.69) is 4.74 Å². The van der Waals surface area contributed by atoms with E-state index in [4.69, 9.17) is 11.6 Å². The van der Waals surface area contributed by atoms with Crippen LogP contribution in [0.4, 0.5) is 18.9 Å². The second-order valence-corrected chi connectivity index (χ2v) is 10.2. The van der Waals surface area contributed by atoms with E-state index in [0.29, 0.717) is 5.02 Å². The molecule has 0 aromatic heterocycles. The van der Waals surface area contributed by atoms with Crippen LogP contribution in [0.5, 0.6) is 5.75 Å². The lowest BCUT2D eigenvalue weighted by atomic mass is 9.78. The summed E-state index contributed by atoms with van der Waals surface area (Å²) in [4.78, 5) is 27.4. The van der Waals surface area contributed by atoms with Crippen molar-refractivity contribution in [3.63, 3.8) is 0 Å². The fraction of sp³-hybridized carbons (Fsp3) is 0.333. The van der Waals surface area contributed by atoms with Crippen molar-refractivity contribution in [2.45, 2.75) is 24.1 Å². The number of amides is 1. The fourth-order valence-corrected chi connectivity index (χ4v) is 5.77. The van der Waals surface area contributed by atoms with E-state index in [1.165, 1.54) is 41.3 Å². The fourth-order valence-electron chi connectivity index (χ4n) is 4.14. The molecule has 0 bridgehead atoms. The Morgan fingerprint density at radius 3 is 2.21 bits per heavy atom. The molecule has 2 aliphatic rings. The average molecular weight is 503 g/mol. The first kappa shape index (κ1) is 23.5. The van der Waals surface area contributed by atoms with Gasteiger partial charge in [-0.2, -0.15) is 4.31 Å². The predicted octanol–water partition coefficient (Wildman–Crippen LogP) is 3.63. The topological polar surface area (TPSA) is 84.0 Å². The quantitative estimate of drug-likeness (QED) is 0.596. The molecule has 1 amide bonds. The highest BCUT2D eigenvalue weighted by atomic mass is 35.5. The summed E-state index contributed by atoms with van der Waals surface area (Å²) in [5, 5.41) is 0.368. The second-order valence-electron chi connectivity index (χ2n) is 7.80. The van der Waals surface area contributed by atoms with Crippen molar-refractivity contribution in [3.8, 4) is 5.75 Å². The number of benzene rings is 2. The molecule has 0 N–H and O–H groups in total. The Morgan fingerprint density at radius 1 is 0.970 bits per heavy atom. The number of rotatable bonds is 4. The lowest BCUT2D eigenvalue weighted by Crippen LogP contribution is -2.54. The highest BCUT2D eigenvalue weighted by Crippen LogP contribution is 2.41. The summed E-state index contributed by atoms with van der Waals surface area (Å²) in [5.74, 6) is -1.37. The maximum Gasteiger partial charge on any atom is 0.573 e. The van der Waals surface area contributed by atoms with Gasteiger partial charge in [0.2, 0.25) is 15.9 Å². The van der Waals surface area contributed by atoms with Crippen molar-refractivity contribution in [2.75, 3.05) is 24.5 Å². The molecule has 2 aliphatic heterocycles. The molecular formula is C21H18ClF3N2O5S. The summed E-state index contributed by atoms with van der Waals surface area (Å²) < 4.78 is 68.3. The molecule has 2 fully saturated rings. The van der Waals surface area contributed by atoms with Crippen molar-refractivity contribution in [2.24, 2.45) is 5.41 Å². The van der Waals surface area contributed by atoms with Crippen LogP contribution in [0.2, 0.25) is 5.02 Å². The monoisotopic (exact) mass is 502 g/mol. The van der Waals surface area contributed by atoms with Gasteiger partial charge in [0.1, 0.15) is 11.2 Å². The van der Waals surface area contributed by atoms with Gasteiger partial charge in [0.25, 0.3) is 0 Å². The molecule has 176 valence electrons. The van der Waals surface area contributed by atoms with E-state index >= 15 is 0 Å². The largest absolute Gasteiger partial charge is 0.573 e. The van der Waals surface area contributed by atoms with Gasteiger partial charge in [-0.25, -0.2) is 8.42 Å². The molecule has 1 spiro atoms. The van der Waals surface area contributed by atoms with Crippen LogP contribution in [-0.2, 0) is 19.6 Å². The third-order valence-corrected chi connectivity index (χ3v) is 7.93. The Balaban J connectivity index is 1.57. The zero-order valence-electron chi connectivity index (χ0n) is 17.0. The standard InChI is InChI=1S/C21H18ClF3N2O5S/c22-14-1-7-17(8-2-14)33(30,31)26-11-9-18(28)20(13-26)10-12-27(19(20)29)15-3-5-16(6-4-15)32-21(23,24)25/h1-8H,9-13H2. The zero-order chi connectivity index (χ0) is 24.0. The predicted molar refractivity (Wildman–Crippen MR) is 112 cm³/mol. The smallest absolute Gasteiger partial charge is 0.406 e. The number of anilines is 1. The van der Waals surface area contributed by atoms with E-state index in [1.807, 2.05) is 0 Å². The summed E-state index contributed by atoms with van der Waals surface area (Å²) in [7, 11) is -3.97. The Kier molecular flexibility index (Phi) is 5.92. The normalized spacial score (nSPS) is 22.2. The highest BCUT2D eigenvalue weighted by Gasteiger charge is 2.56. The number of sulfonamides is 1. The van der Waals surface area contributed by atoms with Crippen molar-refractivity contribution in [1.29, 1.82) is 0 Å². The lowest BCUT2D eigenvalue weighted by Gasteiger charge is -2.37. The minimum Gasteiger partial charge on any atom is -0.406 e. The molecule has 7 nitrogen and oxygen atoms in total. The van der Waals surface area contributed by atoms with Gasteiger partial charge in [-0.3, -0.25) is 9.59 Å². The summed E-state index contributed by atoms with van der Waals surface area (Å²) in [6, 6.07) is 10.3. The molecular weight excluding hydrogens is 485 g/mol. The van der Waals surface area contributed by atoms with Crippen LogP contribution in [-0.4, -0.2) is 50.4 Å². The molecule has 12 heteroatoms. The van der Waals surface area contributed by atoms with Crippen molar-refractivity contribution < 1.29 is 35.9 Å². The number of ketones is 1. The van der Waals surface area contributed by atoms with Gasteiger partial charge in [0.15, 0.2) is 5.78 Å². The lowest BCUT2D eigenvalue weighted by molar-refractivity contribution is -0.274. The Bertz CT molecular complexity index is 1190. The van der Waals surface area contributed by atoms with Crippen LogP contribution >= 0.6 is 11.6 Å². The maximum absolute atomic E-state index is 13.3. The van der Waals surface area contributed by atoms with Crippen LogP contribution in [0, 0.1) is 5.41 Å². The number of carbonyl (C=O) groups excluding carboxylic acids is 2. The molecule has 0 radical (unpaired) electrons. The number of piperidine rings is 1. The van der Waals surface area contributed by atoms with Gasteiger partial charge in [0.05, 0.1) is 4.90 Å². The van der Waals surface area contributed by atoms with Crippen LogP contribution in [0.3, 0.4) is 0 Å². The molecule has 2 saturated heterocycles. The van der Waals surface area contributed by atoms with Gasteiger partial charge in [-0.15, -0.1) is 13.2 Å². The van der Waals surface area contributed by atoms with Crippen molar-refractivity contribution in [1.82, 2.24) is 4.31 Å². The summed E-state index contributed by atoms with van der Waals surface area (Å²) >= 11 is 5.83. The zero-order valence-corrected chi connectivity index (χ0v) is 18.6. The van der Waals surface area contributed by atoms with Crippen LogP contribution in [0.1, 0.15) is 12.8 Å². The van der Waals surface area contributed by atoms with E-state index in [-0.39, 0.29) is 48.8 Å². The second kappa shape index (κ2) is 8.30. The Hall–Kier alpha value is -2.63. The van der Waals surface area contributed by atoms with E-state index in [9.17, 15) is 31.2 Å². The minimum absolute atomic E-state index is 0.000968. The average Bonchev–Trinajstić information content (AvgIpc) is 3.06. The van der Waals surface area contributed by atoms with Crippen molar-refractivity contribution in [3.05, 3.63) is 53.6 Å². The molecule has 2 aromatic rings. The first-order chi connectivity index (χ1) is 15.4. The molecule has 33 heavy (non-hydrogen) atoms. The number of ether oxygens (including phenoxy) is 1. The van der Waals surface area contributed by atoms with Gasteiger partial charge >= 0.3 is 6.36 Å². The van der Waals surface area contributed by atoms with E-state index in [1.54, 1.807) is 0 Å². The number of alkyl halides is 3. The number of Topliss-reactive ketones (excluding diaryl/α,β-unsaturated/α-hetero) is 1. The van der Waals surface area contributed by atoms with Gasteiger partial charge < -0.3 is 9.64 Å². The van der Waals surface area contributed by atoms with E-state index in [0.717, 1.165) is 16.4 Å². The molecule has 0 aliphatic carbocycles. The summed E-state index contributed by atoms with van der Waals surface area (Å²) in [6.07, 6.45) is -4.87. The molecule has 2 heterocycles. The molecule has 1 unspecified atom stereocenters. The van der Waals surface area contributed by atoms with Crippen LogP contribution in [0.25, 0.3) is 0 Å². The third kappa shape index (κ3) is 4.44. The number of hydrogen-bond acceptors (Lipinski definition) is 5. The Morgan fingerprint density at radius 2 is 1.61 bits per heavy atom. The molecule has 1 atom stereocenters. The minimum atomic E-state index is -4.84. The number of halogens is 4. The summed E-state index contributed by atoms with van der Waals surface area (Å²) in [6.45, 7) is -0.234. The van der Waals surface area contributed by atoms with E-state index < -0.39 is 33.5 Å². The molecule has 0 saturated carbocycles. The number of carbonyl (C=O) groups is 2. The third-order valence-electron chi connectivity index (χ3n) is 5.82.